The standard InChI is InChI=1S/C31H27N5O5/c1-39-24-14-11-22(12-15-24)30(31(38)32-18-21-7-3-2-4-8-21)36(23-13-16-27-28(17-23)41-20-40-27)29(37)19-35-26-10-6-5-9-25(26)33-34-35/h2-17,30H,18-20H2,1H3,(H,32,38)/t30-/m1/s1. The molecule has 1 N–H and O–H groups in total. The van der Waals surface area contributed by atoms with Crippen molar-refractivity contribution in [2.75, 3.05) is 18.8 Å². The Morgan fingerprint density at radius 3 is 2.51 bits per heavy atom. The molecule has 0 aliphatic carbocycles. The summed E-state index contributed by atoms with van der Waals surface area (Å²) in [5, 5.41) is 11.4. The number of hydrogen-bond acceptors (Lipinski definition) is 7. The second-order valence-corrected chi connectivity index (χ2v) is 9.42. The van der Waals surface area contributed by atoms with Crippen molar-refractivity contribution in [1.29, 1.82) is 0 Å². The van der Waals surface area contributed by atoms with Crippen LogP contribution in [-0.4, -0.2) is 40.7 Å². The van der Waals surface area contributed by atoms with Crippen molar-refractivity contribution in [3.63, 3.8) is 0 Å². The van der Waals surface area contributed by atoms with E-state index in [0.29, 0.717) is 46.1 Å². The number of fused-ring (bicyclic) bond motifs is 2. The van der Waals surface area contributed by atoms with Crippen LogP contribution in [0, 0.1) is 0 Å². The first-order valence-corrected chi connectivity index (χ1v) is 13.1. The van der Waals surface area contributed by atoms with E-state index in [1.54, 1.807) is 49.6 Å². The zero-order valence-corrected chi connectivity index (χ0v) is 22.3. The molecule has 41 heavy (non-hydrogen) atoms. The lowest BCUT2D eigenvalue weighted by atomic mass is 10.0. The molecular formula is C31H27N5O5. The number of carbonyl (C=O) groups excluding carboxylic acids is 2. The third-order valence-corrected chi connectivity index (χ3v) is 6.86. The average Bonchev–Trinajstić information content (AvgIpc) is 3.66. The van der Waals surface area contributed by atoms with Gasteiger partial charge in [0.15, 0.2) is 11.5 Å². The maximum atomic E-state index is 14.2. The van der Waals surface area contributed by atoms with Crippen molar-refractivity contribution < 1.29 is 23.8 Å². The van der Waals surface area contributed by atoms with Crippen LogP contribution in [0.3, 0.4) is 0 Å². The Morgan fingerprint density at radius 2 is 1.71 bits per heavy atom. The van der Waals surface area contributed by atoms with Gasteiger partial charge >= 0.3 is 0 Å². The van der Waals surface area contributed by atoms with E-state index in [0.717, 1.165) is 5.56 Å². The van der Waals surface area contributed by atoms with Gasteiger partial charge in [0.1, 0.15) is 23.9 Å². The van der Waals surface area contributed by atoms with Gasteiger partial charge in [0.05, 0.1) is 12.6 Å². The lowest BCUT2D eigenvalue weighted by molar-refractivity contribution is -0.127. The summed E-state index contributed by atoms with van der Waals surface area (Å²) in [4.78, 5) is 29.7. The molecule has 206 valence electrons. The van der Waals surface area contributed by atoms with Crippen LogP contribution >= 0.6 is 0 Å². The third-order valence-electron chi connectivity index (χ3n) is 6.86. The highest BCUT2D eigenvalue weighted by atomic mass is 16.7. The Morgan fingerprint density at radius 1 is 0.951 bits per heavy atom. The fraction of sp³-hybridized carbons (Fsp3) is 0.161. The van der Waals surface area contributed by atoms with Gasteiger partial charge < -0.3 is 19.5 Å². The molecule has 0 fully saturated rings. The molecule has 0 spiro atoms. The molecule has 1 aliphatic rings. The Kier molecular flexibility index (Phi) is 7.19. The molecule has 0 unspecified atom stereocenters. The topological polar surface area (TPSA) is 108 Å². The normalized spacial score (nSPS) is 12.6. The highest BCUT2D eigenvalue weighted by molar-refractivity contribution is 6.01. The van der Waals surface area contributed by atoms with Crippen molar-refractivity contribution in [2.45, 2.75) is 19.1 Å². The molecule has 5 aromatic rings. The summed E-state index contributed by atoms with van der Waals surface area (Å²) in [5.74, 6) is 0.971. The minimum absolute atomic E-state index is 0.0805. The molecule has 0 saturated heterocycles. The largest absolute Gasteiger partial charge is 0.497 e. The summed E-state index contributed by atoms with van der Waals surface area (Å²) in [6, 6.07) is 28.2. The molecule has 1 aliphatic heterocycles. The van der Waals surface area contributed by atoms with Crippen molar-refractivity contribution in [3.8, 4) is 17.2 Å². The Balaban J connectivity index is 1.42. The molecule has 0 saturated carbocycles. The van der Waals surface area contributed by atoms with Gasteiger partial charge in [0.2, 0.25) is 18.6 Å². The first kappa shape index (κ1) is 25.9. The van der Waals surface area contributed by atoms with Crippen LogP contribution in [-0.2, 0) is 22.7 Å². The minimum atomic E-state index is -1.02. The van der Waals surface area contributed by atoms with Crippen LogP contribution in [0.25, 0.3) is 11.0 Å². The Labute approximate surface area is 236 Å². The summed E-state index contributed by atoms with van der Waals surface area (Å²) in [5.41, 5.74) is 3.39. The van der Waals surface area contributed by atoms with Gasteiger partial charge in [0.25, 0.3) is 0 Å². The van der Waals surface area contributed by atoms with Gasteiger partial charge in [0, 0.05) is 18.3 Å². The van der Waals surface area contributed by atoms with Crippen LogP contribution < -0.4 is 24.4 Å². The molecule has 0 radical (unpaired) electrons. The smallest absolute Gasteiger partial charge is 0.249 e. The highest BCUT2D eigenvalue weighted by Crippen LogP contribution is 2.38. The minimum Gasteiger partial charge on any atom is -0.497 e. The van der Waals surface area contributed by atoms with Gasteiger partial charge in [-0.15, -0.1) is 5.10 Å². The number of amides is 2. The number of methoxy groups -OCH3 is 1. The predicted octanol–water partition coefficient (Wildman–Crippen LogP) is 4.26. The number of anilines is 1. The number of para-hydroxylation sites is 1. The fourth-order valence-corrected chi connectivity index (χ4v) is 4.80. The third kappa shape index (κ3) is 5.40. The van der Waals surface area contributed by atoms with Crippen LogP contribution in [0.1, 0.15) is 17.2 Å². The maximum Gasteiger partial charge on any atom is 0.249 e. The van der Waals surface area contributed by atoms with Crippen molar-refractivity contribution in [3.05, 3.63) is 108 Å². The van der Waals surface area contributed by atoms with E-state index in [2.05, 4.69) is 15.6 Å². The van der Waals surface area contributed by atoms with Crippen LogP contribution in [0.2, 0.25) is 0 Å². The van der Waals surface area contributed by atoms with Crippen molar-refractivity contribution in [2.24, 2.45) is 0 Å². The average molecular weight is 550 g/mol. The summed E-state index contributed by atoms with van der Waals surface area (Å²) >= 11 is 0. The van der Waals surface area contributed by atoms with Gasteiger partial charge in [-0.1, -0.05) is 59.8 Å². The number of benzene rings is 4. The zero-order valence-electron chi connectivity index (χ0n) is 22.3. The number of aromatic nitrogens is 3. The number of rotatable bonds is 9. The predicted molar refractivity (Wildman–Crippen MR) is 152 cm³/mol. The summed E-state index contributed by atoms with van der Waals surface area (Å²) in [6.07, 6.45) is 0. The van der Waals surface area contributed by atoms with Crippen LogP contribution in [0.5, 0.6) is 17.2 Å². The maximum absolute atomic E-state index is 14.2. The van der Waals surface area contributed by atoms with E-state index in [4.69, 9.17) is 14.2 Å². The second kappa shape index (κ2) is 11.4. The lowest BCUT2D eigenvalue weighted by Gasteiger charge is -2.32. The van der Waals surface area contributed by atoms with Gasteiger partial charge in [-0.05, 0) is 47.5 Å². The molecule has 2 heterocycles. The van der Waals surface area contributed by atoms with Crippen LogP contribution in [0.4, 0.5) is 5.69 Å². The van der Waals surface area contributed by atoms with Gasteiger partial charge in [-0.2, -0.15) is 0 Å². The SMILES string of the molecule is COc1ccc([C@H](C(=O)NCc2ccccc2)N(C(=O)Cn2nnc3ccccc32)c2ccc3c(c2)OCO3)cc1. The zero-order chi connectivity index (χ0) is 28.2. The quantitative estimate of drug-likeness (QED) is 0.293. The Bertz CT molecular complexity index is 1690. The number of hydrogen-bond donors (Lipinski definition) is 1. The first-order chi connectivity index (χ1) is 20.1. The number of nitrogens with zero attached hydrogens (tertiary/aromatic N) is 4. The Hall–Kier alpha value is -5.38. The summed E-state index contributed by atoms with van der Waals surface area (Å²) < 4.78 is 18.0. The van der Waals surface area contributed by atoms with E-state index in [1.807, 2.05) is 54.6 Å². The van der Waals surface area contributed by atoms with Crippen LogP contribution in [0.15, 0.2) is 97.1 Å². The highest BCUT2D eigenvalue weighted by Gasteiger charge is 2.34. The van der Waals surface area contributed by atoms with Crippen molar-refractivity contribution in [1.82, 2.24) is 20.3 Å². The molecule has 10 heteroatoms. The van der Waals surface area contributed by atoms with E-state index in [1.165, 1.54) is 9.58 Å². The number of ether oxygens (including phenoxy) is 3. The molecule has 1 atom stereocenters. The molecule has 4 aromatic carbocycles. The molecular weight excluding hydrogens is 522 g/mol. The molecule has 6 rings (SSSR count). The summed E-state index contributed by atoms with van der Waals surface area (Å²) in [6.45, 7) is 0.230. The van der Waals surface area contributed by atoms with E-state index < -0.39 is 6.04 Å². The van der Waals surface area contributed by atoms with Crippen molar-refractivity contribution >= 4 is 28.5 Å². The molecule has 1 aromatic heterocycles. The van der Waals surface area contributed by atoms with E-state index in [9.17, 15) is 9.59 Å². The first-order valence-electron chi connectivity index (χ1n) is 13.1. The molecule has 10 nitrogen and oxygen atoms in total. The molecule has 2 amide bonds. The van der Waals surface area contributed by atoms with E-state index in [-0.39, 0.29) is 25.2 Å². The molecule has 0 bridgehead atoms. The lowest BCUT2D eigenvalue weighted by Crippen LogP contribution is -2.45. The van der Waals surface area contributed by atoms with E-state index >= 15 is 0 Å². The second-order valence-electron chi connectivity index (χ2n) is 9.42. The fourth-order valence-electron chi connectivity index (χ4n) is 4.80. The van der Waals surface area contributed by atoms with Gasteiger partial charge in [-0.3, -0.25) is 14.5 Å². The van der Waals surface area contributed by atoms with Gasteiger partial charge in [-0.25, -0.2) is 4.68 Å². The number of carbonyl (C=O) groups is 2. The monoisotopic (exact) mass is 549 g/mol. The summed E-state index contributed by atoms with van der Waals surface area (Å²) in [7, 11) is 1.57. The number of nitrogens with one attached hydrogen (secondary N) is 1.